The summed E-state index contributed by atoms with van der Waals surface area (Å²) >= 11 is 7.23. The van der Waals surface area contributed by atoms with Crippen LogP contribution < -0.4 is 4.90 Å². The number of ketones is 2. The van der Waals surface area contributed by atoms with Gasteiger partial charge in [-0.3, -0.25) is 19.3 Å². The van der Waals surface area contributed by atoms with Crippen LogP contribution in [-0.2, 0) is 9.59 Å². The second-order valence-corrected chi connectivity index (χ2v) is 8.88. The van der Waals surface area contributed by atoms with Crippen LogP contribution in [0.3, 0.4) is 0 Å². The molecule has 8 heteroatoms. The fourth-order valence-corrected chi connectivity index (χ4v) is 4.87. The number of rotatable bonds is 6. The van der Waals surface area contributed by atoms with Crippen LogP contribution >= 0.6 is 22.9 Å². The van der Waals surface area contributed by atoms with Crippen LogP contribution in [0.25, 0.3) is 6.08 Å². The number of hydrogen-bond acceptors (Lipinski definition) is 6. The Morgan fingerprint density at radius 2 is 1.88 bits per heavy atom. The van der Waals surface area contributed by atoms with Crippen LogP contribution in [0, 0.1) is 6.92 Å². The Labute approximate surface area is 199 Å². The van der Waals surface area contributed by atoms with E-state index in [1.807, 2.05) is 30.3 Å². The average Bonchev–Trinajstić information content (AvgIpc) is 3.30. The van der Waals surface area contributed by atoms with E-state index >= 15 is 0 Å². The molecule has 1 N–H and O–H groups in total. The Hall–Kier alpha value is -3.55. The molecule has 33 heavy (non-hydrogen) atoms. The van der Waals surface area contributed by atoms with Crippen molar-refractivity contribution in [2.75, 3.05) is 4.90 Å². The van der Waals surface area contributed by atoms with Gasteiger partial charge >= 0.3 is 0 Å². The minimum Gasteiger partial charge on any atom is -0.503 e. The van der Waals surface area contributed by atoms with Gasteiger partial charge in [-0.05, 0) is 36.3 Å². The zero-order valence-electron chi connectivity index (χ0n) is 17.8. The maximum Gasteiger partial charge on any atom is 0.296 e. The smallest absolute Gasteiger partial charge is 0.296 e. The molecule has 1 aliphatic rings. The van der Waals surface area contributed by atoms with Gasteiger partial charge in [-0.1, -0.05) is 71.5 Å². The van der Waals surface area contributed by atoms with Crippen LogP contribution in [0.1, 0.15) is 39.5 Å². The summed E-state index contributed by atoms with van der Waals surface area (Å²) in [4.78, 5) is 44.4. The van der Waals surface area contributed by atoms with Crippen molar-refractivity contribution in [2.24, 2.45) is 0 Å². The van der Waals surface area contributed by atoms with Crippen molar-refractivity contribution in [1.29, 1.82) is 0 Å². The summed E-state index contributed by atoms with van der Waals surface area (Å²) in [6.45, 7) is 3.09. The highest BCUT2D eigenvalue weighted by Gasteiger charge is 2.45. The minimum absolute atomic E-state index is 0.0772. The molecule has 0 radical (unpaired) electrons. The molecule has 1 amide bonds. The summed E-state index contributed by atoms with van der Waals surface area (Å²) < 4.78 is 0. The third kappa shape index (κ3) is 4.37. The van der Waals surface area contributed by atoms with Crippen molar-refractivity contribution in [3.63, 3.8) is 0 Å². The van der Waals surface area contributed by atoms with Crippen LogP contribution in [0.4, 0.5) is 5.13 Å². The Bertz CT molecular complexity index is 1330. The van der Waals surface area contributed by atoms with Crippen molar-refractivity contribution in [1.82, 2.24) is 4.98 Å². The lowest BCUT2D eigenvalue weighted by Gasteiger charge is -2.24. The number of thiazole rings is 1. The van der Waals surface area contributed by atoms with Crippen LogP contribution in [0.15, 0.2) is 72.0 Å². The molecule has 1 aromatic heterocycles. The SMILES string of the molecule is CC(=O)c1sc(N2C(=O)C(O)=C(C(=O)/C=C/c3ccccc3)C2c2cccc(Cl)c2)nc1C. The van der Waals surface area contributed by atoms with E-state index in [1.54, 1.807) is 37.3 Å². The number of halogens is 1. The molecule has 4 rings (SSSR count). The Balaban J connectivity index is 1.82. The van der Waals surface area contributed by atoms with Gasteiger partial charge in [0.25, 0.3) is 5.91 Å². The van der Waals surface area contributed by atoms with Gasteiger partial charge < -0.3 is 5.11 Å². The quantitative estimate of drug-likeness (QED) is 0.374. The molecule has 3 aromatic rings. The Morgan fingerprint density at radius 1 is 1.15 bits per heavy atom. The predicted octanol–water partition coefficient (Wildman–Crippen LogP) is 5.49. The number of amides is 1. The first-order valence-electron chi connectivity index (χ1n) is 10.1. The molecule has 1 atom stereocenters. The van der Waals surface area contributed by atoms with Crippen molar-refractivity contribution in [2.45, 2.75) is 19.9 Å². The average molecular weight is 479 g/mol. The Morgan fingerprint density at radius 3 is 2.52 bits per heavy atom. The lowest BCUT2D eigenvalue weighted by molar-refractivity contribution is -0.117. The van der Waals surface area contributed by atoms with E-state index < -0.39 is 23.5 Å². The number of carbonyl (C=O) groups is 3. The molecule has 0 saturated heterocycles. The number of aliphatic hydroxyl groups excluding tert-OH is 1. The van der Waals surface area contributed by atoms with E-state index in [2.05, 4.69) is 4.98 Å². The van der Waals surface area contributed by atoms with Crippen molar-refractivity contribution < 1.29 is 19.5 Å². The molecule has 0 fully saturated rings. The first-order valence-corrected chi connectivity index (χ1v) is 11.3. The number of Topliss-reactive ketones (excluding diaryl/α,β-unsaturated/α-hetero) is 1. The normalized spacial score (nSPS) is 16.2. The first kappa shape index (κ1) is 22.6. The Kier molecular flexibility index (Phi) is 6.26. The molecule has 0 aliphatic carbocycles. The van der Waals surface area contributed by atoms with Crippen LogP contribution in [0.2, 0.25) is 5.02 Å². The summed E-state index contributed by atoms with van der Waals surface area (Å²) in [5.41, 5.74) is 1.73. The van der Waals surface area contributed by atoms with Gasteiger partial charge in [0, 0.05) is 11.9 Å². The van der Waals surface area contributed by atoms with Crippen molar-refractivity contribution in [3.05, 3.63) is 98.7 Å². The first-order chi connectivity index (χ1) is 15.8. The lowest BCUT2D eigenvalue weighted by Crippen LogP contribution is -2.30. The lowest BCUT2D eigenvalue weighted by atomic mass is 9.96. The number of aromatic nitrogens is 1. The number of aryl methyl sites for hydroxylation is 1. The highest BCUT2D eigenvalue weighted by atomic mass is 35.5. The van der Waals surface area contributed by atoms with Gasteiger partial charge in [0.05, 0.1) is 22.2 Å². The van der Waals surface area contributed by atoms with E-state index in [4.69, 9.17) is 11.6 Å². The molecule has 1 aliphatic heterocycles. The topological polar surface area (TPSA) is 87.6 Å². The fraction of sp³-hybridized carbons (Fsp3) is 0.120. The third-order valence-corrected chi connectivity index (χ3v) is 6.67. The molecule has 2 aromatic carbocycles. The molecule has 6 nitrogen and oxygen atoms in total. The third-order valence-electron chi connectivity index (χ3n) is 5.18. The number of hydrogen-bond donors (Lipinski definition) is 1. The number of nitrogens with zero attached hydrogens (tertiary/aromatic N) is 2. The zero-order valence-corrected chi connectivity index (χ0v) is 19.4. The van der Waals surface area contributed by atoms with E-state index in [9.17, 15) is 19.5 Å². The predicted molar refractivity (Wildman–Crippen MR) is 129 cm³/mol. The minimum atomic E-state index is -0.950. The number of aliphatic hydroxyl groups is 1. The number of carbonyl (C=O) groups excluding carboxylic acids is 3. The number of anilines is 1. The molecule has 0 spiro atoms. The largest absolute Gasteiger partial charge is 0.503 e. The monoisotopic (exact) mass is 478 g/mol. The highest BCUT2D eigenvalue weighted by molar-refractivity contribution is 7.17. The van der Waals surface area contributed by atoms with E-state index in [0.717, 1.165) is 16.9 Å². The molecule has 1 unspecified atom stereocenters. The van der Waals surface area contributed by atoms with Crippen LogP contribution in [0.5, 0.6) is 0 Å². The van der Waals surface area contributed by atoms with Crippen molar-refractivity contribution >= 4 is 51.6 Å². The van der Waals surface area contributed by atoms with Gasteiger partial charge in [-0.2, -0.15) is 0 Å². The summed E-state index contributed by atoms with van der Waals surface area (Å²) in [7, 11) is 0. The fourth-order valence-electron chi connectivity index (χ4n) is 3.68. The van der Waals surface area contributed by atoms with Gasteiger partial charge in [-0.15, -0.1) is 0 Å². The second kappa shape index (κ2) is 9.13. The highest BCUT2D eigenvalue weighted by Crippen LogP contribution is 2.43. The summed E-state index contributed by atoms with van der Waals surface area (Å²) in [5.74, 6) is -2.11. The molecule has 166 valence electrons. The second-order valence-electron chi connectivity index (χ2n) is 7.47. The van der Waals surface area contributed by atoms with Gasteiger partial charge in [0.1, 0.15) is 0 Å². The van der Waals surface area contributed by atoms with Gasteiger partial charge in [0.15, 0.2) is 22.5 Å². The van der Waals surface area contributed by atoms with E-state index in [1.165, 1.54) is 17.9 Å². The van der Waals surface area contributed by atoms with Gasteiger partial charge in [-0.25, -0.2) is 4.98 Å². The molecular formula is C25H19ClN2O4S. The van der Waals surface area contributed by atoms with Crippen molar-refractivity contribution in [3.8, 4) is 0 Å². The van der Waals surface area contributed by atoms with Gasteiger partial charge in [0.2, 0.25) is 0 Å². The molecular weight excluding hydrogens is 460 g/mol. The summed E-state index contributed by atoms with van der Waals surface area (Å²) in [5, 5.41) is 11.4. The van der Waals surface area contributed by atoms with E-state index in [0.29, 0.717) is 21.2 Å². The molecule has 2 heterocycles. The number of benzene rings is 2. The maximum absolute atomic E-state index is 13.2. The summed E-state index contributed by atoms with van der Waals surface area (Å²) in [6.07, 6.45) is 2.94. The molecule has 0 saturated carbocycles. The standard InChI is InChI=1S/C25H19ClN2O4S/c1-14-23(15(2)29)33-25(27-14)28-21(17-9-6-10-18(26)13-17)20(22(31)24(28)32)19(30)12-11-16-7-4-3-5-8-16/h3-13,21,31H,1-2H3/b12-11+. The number of allylic oxidation sites excluding steroid dienone is 1. The zero-order chi connectivity index (χ0) is 23.7. The maximum atomic E-state index is 13.2. The molecule has 0 bridgehead atoms. The summed E-state index contributed by atoms with van der Waals surface area (Å²) in [6, 6.07) is 15.0. The van der Waals surface area contributed by atoms with Crippen LogP contribution in [-0.4, -0.2) is 27.6 Å². The van der Waals surface area contributed by atoms with E-state index in [-0.39, 0.29) is 16.5 Å².